The molecular weight excluding hydrogens is 280 g/mol. The molecule has 1 atom stereocenters. The number of anilines is 1. The minimum Gasteiger partial charge on any atom is -0.396 e. The lowest BCUT2D eigenvalue weighted by atomic mass is 9.81. The van der Waals surface area contributed by atoms with Gasteiger partial charge in [-0.25, -0.2) is 0 Å². The number of nitrogens with one attached hydrogen (secondary N) is 2. The summed E-state index contributed by atoms with van der Waals surface area (Å²) >= 11 is 0. The third-order valence-electron chi connectivity index (χ3n) is 4.26. The Kier molecular flexibility index (Phi) is 6.36. The number of para-hydroxylation sites is 1. The Morgan fingerprint density at radius 3 is 2.64 bits per heavy atom. The van der Waals surface area contributed by atoms with Crippen molar-refractivity contribution in [1.29, 1.82) is 0 Å². The minimum absolute atomic E-state index is 0.00349. The monoisotopic (exact) mass is 306 g/mol. The average molecular weight is 306 g/mol. The van der Waals surface area contributed by atoms with Crippen molar-refractivity contribution in [1.82, 2.24) is 5.32 Å². The zero-order chi connectivity index (χ0) is 15.8. The van der Waals surface area contributed by atoms with E-state index in [0.717, 1.165) is 18.5 Å². The lowest BCUT2D eigenvalue weighted by Crippen LogP contribution is -2.45. The third-order valence-corrected chi connectivity index (χ3v) is 4.26. The topological polar surface area (TPSA) is 70.6 Å². The summed E-state index contributed by atoms with van der Waals surface area (Å²) in [7, 11) is 0. The van der Waals surface area contributed by atoms with Crippen molar-refractivity contribution in [3.63, 3.8) is 0 Å². The fourth-order valence-electron chi connectivity index (χ4n) is 2.67. The van der Waals surface area contributed by atoms with Crippen LogP contribution >= 0.6 is 0 Å². The fraction of sp³-hybridized carbons (Fsp3) is 0.588. The first kappa shape index (κ1) is 16.9. The maximum Gasteiger partial charge on any atom is 0.225 e. The number of aliphatic hydroxyl groups is 1. The van der Waals surface area contributed by atoms with E-state index in [0.29, 0.717) is 26.2 Å². The normalized spacial score (nSPS) is 18.6. The summed E-state index contributed by atoms with van der Waals surface area (Å²) < 4.78 is 5.36. The second kappa shape index (κ2) is 8.27. The molecule has 122 valence electrons. The molecular formula is C17H26N2O3. The number of aliphatic hydroxyl groups excluding tert-OH is 1. The Morgan fingerprint density at radius 1 is 1.32 bits per heavy atom. The number of benzene rings is 1. The first-order valence-electron chi connectivity index (χ1n) is 7.90. The quantitative estimate of drug-likeness (QED) is 0.718. The van der Waals surface area contributed by atoms with Crippen molar-refractivity contribution in [3.05, 3.63) is 30.3 Å². The summed E-state index contributed by atoms with van der Waals surface area (Å²) in [5, 5.41) is 15.9. The second-order valence-corrected chi connectivity index (χ2v) is 6.17. The summed E-state index contributed by atoms with van der Waals surface area (Å²) in [6.07, 6.45) is 2.13. The van der Waals surface area contributed by atoms with Gasteiger partial charge >= 0.3 is 0 Å². The molecule has 1 aromatic carbocycles. The molecule has 0 saturated carbocycles. The van der Waals surface area contributed by atoms with Gasteiger partial charge in [0.25, 0.3) is 0 Å². The third kappa shape index (κ3) is 5.09. The maximum absolute atomic E-state index is 12.0. The van der Waals surface area contributed by atoms with Crippen LogP contribution < -0.4 is 10.6 Å². The SMILES string of the molecule is CC(CC(=O)Nc1ccccc1)NCC1(CO)CCOCC1. The molecule has 5 nitrogen and oxygen atoms in total. The smallest absolute Gasteiger partial charge is 0.225 e. The van der Waals surface area contributed by atoms with Crippen LogP contribution in [0.4, 0.5) is 5.69 Å². The Labute approximate surface area is 132 Å². The van der Waals surface area contributed by atoms with Gasteiger partial charge in [-0.3, -0.25) is 4.79 Å². The van der Waals surface area contributed by atoms with Crippen molar-refractivity contribution in [2.75, 3.05) is 31.7 Å². The summed E-state index contributed by atoms with van der Waals surface area (Å²) in [4.78, 5) is 12.0. The largest absolute Gasteiger partial charge is 0.396 e. The van der Waals surface area contributed by atoms with Gasteiger partial charge in [-0.15, -0.1) is 0 Å². The predicted octanol–water partition coefficient (Wildman–Crippen LogP) is 1.78. The summed E-state index contributed by atoms with van der Waals surface area (Å²) in [6, 6.07) is 9.52. The molecule has 0 aromatic heterocycles. The van der Waals surface area contributed by atoms with Crippen LogP contribution in [0.15, 0.2) is 30.3 Å². The lowest BCUT2D eigenvalue weighted by Gasteiger charge is -2.36. The number of carbonyl (C=O) groups excluding carboxylic acids is 1. The van der Waals surface area contributed by atoms with Gasteiger partial charge < -0.3 is 20.5 Å². The van der Waals surface area contributed by atoms with E-state index in [-0.39, 0.29) is 24.0 Å². The number of ether oxygens (including phenoxy) is 1. The van der Waals surface area contributed by atoms with Crippen LogP contribution in [-0.4, -0.2) is 43.4 Å². The molecule has 1 saturated heterocycles. The van der Waals surface area contributed by atoms with Crippen molar-refractivity contribution >= 4 is 11.6 Å². The molecule has 1 unspecified atom stereocenters. The van der Waals surface area contributed by atoms with Gasteiger partial charge in [0, 0.05) is 43.3 Å². The first-order chi connectivity index (χ1) is 10.6. The zero-order valence-electron chi connectivity index (χ0n) is 13.2. The van der Waals surface area contributed by atoms with Gasteiger partial charge in [0.05, 0.1) is 6.61 Å². The van der Waals surface area contributed by atoms with Crippen LogP contribution in [0.1, 0.15) is 26.2 Å². The van der Waals surface area contributed by atoms with Gasteiger partial charge in [-0.1, -0.05) is 18.2 Å². The molecule has 3 N–H and O–H groups in total. The highest BCUT2D eigenvalue weighted by atomic mass is 16.5. The van der Waals surface area contributed by atoms with E-state index in [9.17, 15) is 9.90 Å². The molecule has 22 heavy (non-hydrogen) atoms. The van der Waals surface area contributed by atoms with Crippen LogP contribution in [-0.2, 0) is 9.53 Å². The minimum atomic E-state index is -0.109. The van der Waals surface area contributed by atoms with Crippen molar-refractivity contribution < 1.29 is 14.6 Å². The molecule has 1 aliphatic heterocycles. The van der Waals surface area contributed by atoms with Crippen molar-refractivity contribution in [3.8, 4) is 0 Å². The second-order valence-electron chi connectivity index (χ2n) is 6.17. The Bertz CT molecular complexity index is 458. The van der Waals surface area contributed by atoms with E-state index in [1.807, 2.05) is 37.3 Å². The van der Waals surface area contributed by atoms with Crippen LogP contribution in [0.25, 0.3) is 0 Å². The highest BCUT2D eigenvalue weighted by molar-refractivity contribution is 5.90. The summed E-state index contributed by atoms with van der Waals surface area (Å²) in [5.41, 5.74) is 0.707. The number of amides is 1. The van der Waals surface area contributed by atoms with Gasteiger partial charge in [0.1, 0.15) is 0 Å². The van der Waals surface area contributed by atoms with Crippen LogP contribution in [0.5, 0.6) is 0 Å². The van der Waals surface area contributed by atoms with Crippen LogP contribution in [0, 0.1) is 5.41 Å². The van der Waals surface area contributed by atoms with E-state index in [1.54, 1.807) is 0 Å². The van der Waals surface area contributed by atoms with Gasteiger partial charge in [0.15, 0.2) is 0 Å². The van der Waals surface area contributed by atoms with Gasteiger partial charge in [-0.05, 0) is 31.9 Å². The molecule has 0 radical (unpaired) electrons. The van der Waals surface area contributed by atoms with E-state index >= 15 is 0 Å². The van der Waals surface area contributed by atoms with E-state index in [1.165, 1.54) is 0 Å². The van der Waals surface area contributed by atoms with E-state index in [4.69, 9.17) is 4.74 Å². The van der Waals surface area contributed by atoms with Crippen LogP contribution in [0.3, 0.4) is 0 Å². The fourth-order valence-corrected chi connectivity index (χ4v) is 2.67. The average Bonchev–Trinajstić information content (AvgIpc) is 2.55. The molecule has 1 heterocycles. The van der Waals surface area contributed by atoms with Gasteiger partial charge in [0.2, 0.25) is 5.91 Å². The maximum atomic E-state index is 12.0. The van der Waals surface area contributed by atoms with Gasteiger partial charge in [-0.2, -0.15) is 0 Å². The number of rotatable bonds is 7. The first-order valence-corrected chi connectivity index (χ1v) is 7.90. The molecule has 0 aliphatic carbocycles. The highest BCUT2D eigenvalue weighted by Gasteiger charge is 2.32. The van der Waals surface area contributed by atoms with E-state index < -0.39 is 0 Å². The van der Waals surface area contributed by atoms with Crippen LogP contribution in [0.2, 0.25) is 0 Å². The summed E-state index contributed by atoms with van der Waals surface area (Å²) in [5.74, 6) is -0.00349. The molecule has 1 fully saturated rings. The van der Waals surface area contributed by atoms with Crippen molar-refractivity contribution in [2.45, 2.75) is 32.2 Å². The molecule has 1 amide bonds. The number of hydrogen-bond acceptors (Lipinski definition) is 4. The predicted molar refractivity (Wildman–Crippen MR) is 86.7 cm³/mol. The van der Waals surface area contributed by atoms with Crippen molar-refractivity contribution in [2.24, 2.45) is 5.41 Å². The number of carbonyl (C=O) groups is 1. The Morgan fingerprint density at radius 2 is 2.00 bits per heavy atom. The molecule has 5 heteroatoms. The number of hydrogen-bond donors (Lipinski definition) is 3. The molecule has 0 bridgehead atoms. The molecule has 1 aromatic rings. The Balaban J connectivity index is 1.75. The lowest BCUT2D eigenvalue weighted by molar-refractivity contribution is -0.116. The summed E-state index contributed by atoms with van der Waals surface area (Å²) in [6.45, 7) is 4.27. The zero-order valence-corrected chi connectivity index (χ0v) is 13.2. The Hall–Kier alpha value is -1.43. The van der Waals surface area contributed by atoms with E-state index in [2.05, 4.69) is 10.6 Å². The highest BCUT2D eigenvalue weighted by Crippen LogP contribution is 2.29. The molecule has 1 aliphatic rings. The molecule has 0 spiro atoms. The molecule has 2 rings (SSSR count). The standard InChI is InChI=1S/C17H26N2O3/c1-14(11-16(21)19-15-5-3-2-4-6-15)18-12-17(13-20)7-9-22-10-8-17/h2-6,14,18,20H,7-13H2,1H3,(H,19,21).